The van der Waals surface area contributed by atoms with Crippen LogP contribution < -0.4 is 0 Å². The van der Waals surface area contributed by atoms with Crippen LogP contribution in [0.5, 0.6) is 0 Å². The molecule has 2 atom stereocenters. The van der Waals surface area contributed by atoms with Crippen LogP contribution in [0, 0.1) is 0 Å². The SMILES string of the molecule is CC[Si](OC)(OC)OCCC(C)OCC1CO1. The highest BCUT2D eigenvalue weighted by Gasteiger charge is 2.36. The summed E-state index contributed by atoms with van der Waals surface area (Å²) in [5, 5.41) is 0. The lowest BCUT2D eigenvalue weighted by Crippen LogP contribution is -2.43. The van der Waals surface area contributed by atoms with Crippen molar-refractivity contribution >= 4 is 8.80 Å². The van der Waals surface area contributed by atoms with E-state index >= 15 is 0 Å². The van der Waals surface area contributed by atoms with Gasteiger partial charge in [0.2, 0.25) is 0 Å². The van der Waals surface area contributed by atoms with E-state index in [9.17, 15) is 0 Å². The van der Waals surface area contributed by atoms with E-state index in [0.717, 1.165) is 19.1 Å². The summed E-state index contributed by atoms with van der Waals surface area (Å²) in [6.45, 7) is 6.19. The molecule has 0 N–H and O–H groups in total. The van der Waals surface area contributed by atoms with Gasteiger partial charge in [0.1, 0.15) is 6.10 Å². The van der Waals surface area contributed by atoms with Crippen molar-refractivity contribution in [1.82, 2.24) is 0 Å². The molecule has 1 rings (SSSR count). The standard InChI is InChI=1S/C11H24O5Si/c1-5-17(12-3,13-4)16-7-6-10(2)14-8-11-9-15-11/h10-11H,5-9H2,1-4H3. The van der Waals surface area contributed by atoms with Gasteiger partial charge in [0.15, 0.2) is 0 Å². The molecule has 1 heterocycles. The van der Waals surface area contributed by atoms with E-state index in [-0.39, 0.29) is 6.10 Å². The molecular formula is C11H24O5Si. The quantitative estimate of drug-likeness (QED) is 0.441. The van der Waals surface area contributed by atoms with E-state index in [0.29, 0.717) is 19.3 Å². The lowest BCUT2D eigenvalue weighted by atomic mass is 10.3. The Bertz CT molecular complexity index is 198. The second-order valence-electron chi connectivity index (χ2n) is 4.18. The number of epoxide rings is 1. The predicted octanol–water partition coefficient (Wildman–Crippen LogP) is 1.45. The van der Waals surface area contributed by atoms with Crippen LogP contribution in [0.3, 0.4) is 0 Å². The smallest absolute Gasteiger partial charge is 0.377 e. The Morgan fingerprint density at radius 2 is 2.00 bits per heavy atom. The van der Waals surface area contributed by atoms with Crippen LogP contribution in [-0.2, 0) is 22.8 Å². The molecule has 0 spiro atoms. The van der Waals surface area contributed by atoms with Gasteiger partial charge in [-0.25, -0.2) is 0 Å². The van der Waals surface area contributed by atoms with E-state index in [4.69, 9.17) is 22.8 Å². The Kier molecular flexibility index (Phi) is 6.61. The third kappa shape index (κ3) is 5.46. The molecule has 0 bridgehead atoms. The average molecular weight is 264 g/mol. The van der Waals surface area contributed by atoms with Crippen LogP contribution in [0.4, 0.5) is 0 Å². The first kappa shape index (κ1) is 15.1. The van der Waals surface area contributed by atoms with Crippen LogP contribution in [0.2, 0.25) is 6.04 Å². The highest BCUT2D eigenvalue weighted by Crippen LogP contribution is 2.15. The van der Waals surface area contributed by atoms with Crippen molar-refractivity contribution in [2.45, 2.75) is 38.5 Å². The van der Waals surface area contributed by atoms with Crippen molar-refractivity contribution in [2.75, 3.05) is 34.0 Å². The molecule has 2 unspecified atom stereocenters. The first-order chi connectivity index (χ1) is 8.15. The van der Waals surface area contributed by atoms with Gasteiger partial charge in [0.05, 0.1) is 19.3 Å². The Balaban J connectivity index is 2.11. The maximum Gasteiger partial charge on any atom is 0.500 e. The summed E-state index contributed by atoms with van der Waals surface area (Å²) in [4.78, 5) is 0. The molecule has 5 nitrogen and oxygen atoms in total. The molecule has 1 aliphatic rings. The normalized spacial score (nSPS) is 21.5. The summed E-state index contributed by atoms with van der Waals surface area (Å²) in [7, 11) is 0.888. The Hall–Kier alpha value is 0.0169. The fourth-order valence-electron chi connectivity index (χ4n) is 1.49. The fraction of sp³-hybridized carbons (Fsp3) is 1.00. The summed E-state index contributed by atoms with van der Waals surface area (Å²) >= 11 is 0. The summed E-state index contributed by atoms with van der Waals surface area (Å²) in [6.07, 6.45) is 1.34. The van der Waals surface area contributed by atoms with Crippen molar-refractivity contribution in [2.24, 2.45) is 0 Å². The molecule has 0 saturated carbocycles. The van der Waals surface area contributed by atoms with Crippen molar-refractivity contribution in [3.63, 3.8) is 0 Å². The van der Waals surface area contributed by atoms with Gasteiger partial charge in [0.25, 0.3) is 0 Å². The first-order valence-electron chi connectivity index (χ1n) is 6.13. The third-order valence-corrected chi connectivity index (χ3v) is 5.62. The summed E-state index contributed by atoms with van der Waals surface area (Å²) in [5.74, 6) is 0. The minimum atomic E-state index is -2.40. The van der Waals surface area contributed by atoms with E-state index in [1.165, 1.54) is 0 Å². The highest BCUT2D eigenvalue weighted by atomic mass is 28.4. The topological polar surface area (TPSA) is 49.5 Å². The highest BCUT2D eigenvalue weighted by molar-refractivity contribution is 6.60. The average Bonchev–Trinajstić information content (AvgIpc) is 3.17. The minimum Gasteiger partial charge on any atom is -0.377 e. The first-order valence-corrected chi connectivity index (χ1v) is 8.06. The molecule has 1 fully saturated rings. The van der Waals surface area contributed by atoms with Crippen molar-refractivity contribution in [1.29, 1.82) is 0 Å². The molecule has 0 aromatic carbocycles. The molecule has 0 radical (unpaired) electrons. The number of rotatable bonds is 10. The molecule has 6 heteroatoms. The summed E-state index contributed by atoms with van der Waals surface area (Å²) in [5.41, 5.74) is 0. The molecule has 1 saturated heterocycles. The van der Waals surface area contributed by atoms with Crippen LogP contribution in [0.15, 0.2) is 0 Å². The minimum absolute atomic E-state index is 0.177. The van der Waals surface area contributed by atoms with Gasteiger partial charge >= 0.3 is 8.80 Å². The second-order valence-corrected chi connectivity index (χ2v) is 7.36. The zero-order chi connectivity index (χ0) is 12.7. The summed E-state index contributed by atoms with van der Waals surface area (Å²) < 4.78 is 27.2. The van der Waals surface area contributed by atoms with Crippen LogP contribution >= 0.6 is 0 Å². The van der Waals surface area contributed by atoms with Crippen molar-refractivity contribution in [3.05, 3.63) is 0 Å². The van der Waals surface area contributed by atoms with Crippen LogP contribution in [0.25, 0.3) is 0 Å². The summed E-state index contributed by atoms with van der Waals surface area (Å²) in [6, 6.07) is 0.783. The van der Waals surface area contributed by atoms with Gasteiger partial charge in [-0.1, -0.05) is 6.92 Å². The van der Waals surface area contributed by atoms with Gasteiger partial charge < -0.3 is 22.8 Å². The van der Waals surface area contributed by atoms with E-state index < -0.39 is 8.80 Å². The van der Waals surface area contributed by atoms with Gasteiger partial charge in [-0.05, 0) is 13.3 Å². The van der Waals surface area contributed by atoms with Gasteiger partial charge in [-0.2, -0.15) is 0 Å². The molecule has 0 aromatic rings. The number of hydrogen-bond donors (Lipinski definition) is 0. The Morgan fingerprint density at radius 1 is 1.35 bits per heavy atom. The lowest BCUT2D eigenvalue weighted by Gasteiger charge is -2.25. The maximum absolute atomic E-state index is 5.75. The van der Waals surface area contributed by atoms with E-state index in [1.54, 1.807) is 14.2 Å². The number of ether oxygens (including phenoxy) is 2. The Labute approximate surface area is 105 Å². The maximum atomic E-state index is 5.75. The zero-order valence-electron chi connectivity index (χ0n) is 11.2. The molecule has 0 aliphatic carbocycles. The Morgan fingerprint density at radius 3 is 2.47 bits per heavy atom. The molecule has 102 valence electrons. The molecule has 1 aliphatic heterocycles. The van der Waals surface area contributed by atoms with Crippen LogP contribution in [-0.4, -0.2) is 55.1 Å². The monoisotopic (exact) mass is 264 g/mol. The van der Waals surface area contributed by atoms with Crippen LogP contribution in [0.1, 0.15) is 20.3 Å². The van der Waals surface area contributed by atoms with Gasteiger partial charge in [0, 0.05) is 26.9 Å². The predicted molar refractivity (Wildman–Crippen MR) is 66.0 cm³/mol. The lowest BCUT2D eigenvalue weighted by molar-refractivity contribution is 0.0280. The molecular weight excluding hydrogens is 240 g/mol. The third-order valence-electron chi connectivity index (χ3n) is 2.87. The number of hydrogen-bond acceptors (Lipinski definition) is 5. The fourth-order valence-corrected chi connectivity index (χ4v) is 3.10. The largest absolute Gasteiger partial charge is 0.500 e. The zero-order valence-corrected chi connectivity index (χ0v) is 12.2. The second kappa shape index (κ2) is 7.45. The van der Waals surface area contributed by atoms with Crippen molar-refractivity contribution in [3.8, 4) is 0 Å². The molecule has 0 amide bonds. The van der Waals surface area contributed by atoms with E-state index in [1.807, 2.05) is 13.8 Å². The molecule has 17 heavy (non-hydrogen) atoms. The molecule has 0 aromatic heterocycles. The van der Waals surface area contributed by atoms with Gasteiger partial charge in [-0.15, -0.1) is 0 Å². The van der Waals surface area contributed by atoms with Crippen molar-refractivity contribution < 1.29 is 22.8 Å². The van der Waals surface area contributed by atoms with E-state index in [2.05, 4.69) is 0 Å². The van der Waals surface area contributed by atoms with Gasteiger partial charge in [-0.3, -0.25) is 0 Å².